The van der Waals surface area contributed by atoms with Gasteiger partial charge in [-0.2, -0.15) is 0 Å². The van der Waals surface area contributed by atoms with Crippen molar-refractivity contribution in [2.75, 3.05) is 0 Å². The van der Waals surface area contributed by atoms with Gasteiger partial charge in [0.2, 0.25) is 5.91 Å². The van der Waals surface area contributed by atoms with Gasteiger partial charge in [0, 0.05) is 6.04 Å². The Morgan fingerprint density at radius 3 is 2.33 bits per heavy atom. The van der Waals surface area contributed by atoms with Crippen molar-refractivity contribution >= 4 is 11.7 Å². The van der Waals surface area contributed by atoms with Gasteiger partial charge >= 0.3 is 0 Å². The highest BCUT2D eigenvalue weighted by atomic mass is 16.4. The minimum Gasteiger partial charge on any atom is -0.409 e. The SMILES string of the molecule is CC(C)CC(C)NC(=O)C(C)C(N)=NO. The maximum Gasteiger partial charge on any atom is 0.230 e. The van der Waals surface area contributed by atoms with E-state index in [9.17, 15) is 4.79 Å². The fourth-order valence-electron chi connectivity index (χ4n) is 1.35. The minimum atomic E-state index is -0.593. The van der Waals surface area contributed by atoms with Crippen LogP contribution in [0.15, 0.2) is 5.16 Å². The number of hydrogen-bond donors (Lipinski definition) is 3. The number of carbonyl (C=O) groups excluding carboxylic acids is 1. The molecule has 0 aromatic heterocycles. The molecule has 0 aliphatic rings. The number of nitrogens with one attached hydrogen (secondary N) is 1. The molecule has 0 aliphatic heterocycles. The van der Waals surface area contributed by atoms with Crippen LogP contribution in [0.3, 0.4) is 0 Å². The fourth-order valence-corrected chi connectivity index (χ4v) is 1.35. The molecule has 4 N–H and O–H groups in total. The molecule has 2 atom stereocenters. The molecule has 2 unspecified atom stereocenters. The van der Waals surface area contributed by atoms with Crippen LogP contribution in [0.5, 0.6) is 0 Å². The molecular formula is C10H21N3O2. The second-order valence-electron chi connectivity index (χ2n) is 4.29. The maximum absolute atomic E-state index is 11.6. The number of nitrogens with zero attached hydrogens (tertiary/aromatic N) is 1. The van der Waals surface area contributed by atoms with E-state index in [1.807, 2.05) is 6.92 Å². The average molecular weight is 215 g/mol. The van der Waals surface area contributed by atoms with Crippen molar-refractivity contribution < 1.29 is 10.0 Å². The number of rotatable bonds is 5. The van der Waals surface area contributed by atoms with Gasteiger partial charge < -0.3 is 16.3 Å². The Bertz CT molecular complexity index is 239. The Balaban J connectivity index is 4.13. The van der Waals surface area contributed by atoms with Crippen LogP contribution in [0, 0.1) is 11.8 Å². The second kappa shape index (κ2) is 6.27. The van der Waals surface area contributed by atoms with Gasteiger partial charge in [0.1, 0.15) is 0 Å². The fraction of sp³-hybridized carbons (Fsp3) is 0.800. The number of carbonyl (C=O) groups is 1. The van der Waals surface area contributed by atoms with E-state index < -0.39 is 5.92 Å². The summed E-state index contributed by atoms with van der Waals surface area (Å²) in [6.45, 7) is 7.73. The van der Waals surface area contributed by atoms with Crippen LogP contribution in [-0.4, -0.2) is 23.0 Å². The molecule has 1 amide bonds. The summed E-state index contributed by atoms with van der Waals surface area (Å²) in [5.41, 5.74) is 5.33. The van der Waals surface area contributed by atoms with Gasteiger partial charge in [0.25, 0.3) is 0 Å². The molecule has 0 heterocycles. The Labute approximate surface area is 90.7 Å². The van der Waals surface area contributed by atoms with Gasteiger partial charge in [-0.3, -0.25) is 4.79 Å². The molecule has 15 heavy (non-hydrogen) atoms. The molecule has 0 spiro atoms. The van der Waals surface area contributed by atoms with Crippen LogP contribution in [0.1, 0.15) is 34.1 Å². The summed E-state index contributed by atoms with van der Waals surface area (Å²) in [5.74, 6) is -0.341. The van der Waals surface area contributed by atoms with Crippen molar-refractivity contribution in [1.82, 2.24) is 5.32 Å². The number of amidine groups is 1. The largest absolute Gasteiger partial charge is 0.409 e. The second-order valence-corrected chi connectivity index (χ2v) is 4.29. The zero-order valence-corrected chi connectivity index (χ0v) is 9.82. The first-order valence-corrected chi connectivity index (χ1v) is 5.16. The zero-order chi connectivity index (χ0) is 12.0. The molecule has 0 saturated heterocycles. The highest BCUT2D eigenvalue weighted by Gasteiger charge is 2.19. The quantitative estimate of drug-likeness (QED) is 0.276. The van der Waals surface area contributed by atoms with Crippen molar-refractivity contribution in [3.8, 4) is 0 Å². The lowest BCUT2D eigenvalue weighted by atomic mass is 10.0. The normalized spacial score (nSPS) is 16.2. The molecule has 5 nitrogen and oxygen atoms in total. The lowest BCUT2D eigenvalue weighted by Crippen LogP contribution is -2.41. The molecular weight excluding hydrogens is 194 g/mol. The molecule has 0 rings (SSSR count). The van der Waals surface area contributed by atoms with Crippen molar-refractivity contribution in [2.24, 2.45) is 22.7 Å². The highest BCUT2D eigenvalue weighted by Crippen LogP contribution is 2.05. The summed E-state index contributed by atoms with van der Waals surface area (Å²) in [4.78, 5) is 11.6. The van der Waals surface area contributed by atoms with E-state index in [1.165, 1.54) is 0 Å². The average Bonchev–Trinajstić information content (AvgIpc) is 2.13. The molecule has 0 fully saturated rings. The summed E-state index contributed by atoms with van der Waals surface area (Å²) in [5, 5.41) is 14.0. The third-order valence-corrected chi connectivity index (χ3v) is 2.17. The summed E-state index contributed by atoms with van der Waals surface area (Å²) in [6.07, 6.45) is 0.911. The molecule has 5 heteroatoms. The lowest BCUT2D eigenvalue weighted by Gasteiger charge is -2.18. The smallest absolute Gasteiger partial charge is 0.230 e. The van der Waals surface area contributed by atoms with E-state index in [0.29, 0.717) is 5.92 Å². The predicted molar refractivity (Wildman–Crippen MR) is 59.6 cm³/mol. The summed E-state index contributed by atoms with van der Waals surface area (Å²) < 4.78 is 0. The van der Waals surface area contributed by atoms with Crippen LogP contribution in [0.2, 0.25) is 0 Å². The molecule has 0 aliphatic carbocycles. The zero-order valence-electron chi connectivity index (χ0n) is 9.82. The van der Waals surface area contributed by atoms with E-state index in [0.717, 1.165) is 6.42 Å². The van der Waals surface area contributed by atoms with E-state index in [4.69, 9.17) is 10.9 Å². The van der Waals surface area contributed by atoms with Gasteiger partial charge in [-0.15, -0.1) is 0 Å². The molecule has 88 valence electrons. The minimum absolute atomic E-state index is 0.0655. The number of oxime groups is 1. The number of nitrogens with two attached hydrogens (primary N) is 1. The van der Waals surface area contributed by atoms with Crippen molar-refractivity contribution in [1.29, 1.82) is 0 Å². The standard InChI is InChI=1S/C10H21N3O2/c1-6(2)5-7(3)12-10(14)8(4)9(11)13-15/h6-8,15H,5H2,1-4H3,(H2,11,13)(H,12,14). The van der Waals surface area contributed by atoms with E-state index in [2.05, 4.69) is 24.3 Å². The summed E-state index contributed by atoms with van der Waals surface area (Å²) in [6, 6.07) is 0.103. The third kappa shape index (κ3) is 5.24. The van der Waals surface area contributed by atoms with Crippen molar-refractivity contribution in [3.05, 3.63) is 0 Å². The maximum atomic E-state index is 11.6. The number of hydrogen-bond acceptors (Lipinski definition) is 3. The Hall–Kier alpha value is -1.26. The molecule has 0 bridgehead atoms. The van der Waals surface area contributed by atoms with E-state index >= 15 is 0 Å². The molecule has 0 aromatic carbocycles. The first-order valence-electron chi connectivity index (χ1n) is 5.16. The summed E-state index contributed by atoms with van der Waals surface area (Å²) >= 11 is 0. The van der Waals surface area contributed by atoms with Gasteiger partial charge in [-0.05, 0) is 26.2 Å². The van der Waals surface area contributed by atoms with E-state index in [1.54, 1.807) is 6.92 Å². The van der Waals surface area contributed by atoms with Crippen LogP contribution >= 0.6 is 0 Å². The van der Waals surface area contributed by atoms with Gasteiger partial charge in [-0.25, -0.2) is 0 Å². The Morgan fingerprint density at radius 1 is 1.40 bits per heavy atom. The first kappa shape index (κ1) is 13.7. The molecule has 0 aromatic rings. The van der Waals surface area contributed by atoms with E-state index in [-0.39, 0.29) is 17.8 Å². The van der Waals surface area contributed by atoms with Crippen molar-refractivity contribution in [2.45, 2.75) is 40.2 Å². The van der Waals surface area contributed by atoms with Crippen LogP contribution in [0.4, 0.5) is 0 Å². The van der Waals surface area contributed by atoms with Gasteiger partial charge in [0.05, 0.1) is 5.92 Å². The monoisotopic (exact) mass is 215 g/mol. The Kier molecular flexibility index (Phi) is 5.74. The van der Waals surface area contributed by atoms with Crippen LogP contribution in [-0.2, 0) is 4.79 Å². The van der Waals surface area contributed by atoms with Crippen LogP contribution in [0.25, 0.3) is 0 Å². The molecule has 0 radical (unpaired) electrons. The summed E-state index contributed by atoms with van der Waals surface area (Å²) in [7, 11) is 0. The third-order valence-electron chi connectivity index (χ3n) is 2.17. The van der Waals surface area contributed by atoms with Crippen LogP contribution < -0.4 is 11.1 Å². The predicted octanol–water partition coefficient (Wildman–Crippen LogP) is 0.920. The number of amides is 1. The highest BCUT2D eigenvalue weighted by molar-refractivity contribution is 6.01. The first-order chi connectivity index (χ1) is 6.88. The van der Waals surface area contributed by atoms with Gasteiger partial charge in [-0.1, -0.05) is 19.0 Å². The topological polar surface area (TPSA) is 87.7 Å². The van der Waals surface area contributed by atoms with Gasteiger partial charge in [0.15, 0.2) is 5.84 Å². The van der Waals surface area contributed by atoms with Crippen molar-refractivity contribution in [3.63, 3.8) is 0 Å². The molecule has 0 saturated carbocycles. The Morgan fingerprint density at radius 2 is 1.93 bits per heavy atom. The lowest BCUT2D eigenvalue weighted by molar-refractivity contribution is -0.123.